The van der Waals surface area contributed by atoms with Gasteiger partial charge < -0.3 is 5.73 Å². The van der Waals surface area contributed by atoms with Gasteiger partial charge in [-0.3, -0.25) is 2.78 Å². The normalized spacial score (nSPS) is 10.6. The van der Waals surface area contributed by atoms with E-state index in [0.717, 1.165) is 11.0 Å². The van der Waals surface area contributed by atoms with Crippen LogP contribution in [0.4, 0.5) is 5.95 Å². The van der Waals surface area contributed by atoms with Crippen LogP contribution in [0.3, 0.4) is 0 Å². The maximum absolute atomic E-state index is 5.40. The maximum atomic E-state index is 5.40. The first-order valence-electron chi connectivity index (χ1n) is 3.03. The molecule has 2 aromatic heterocycles. The monoisotopic (exact) mass is 260 g/mol. The third kappa shape index (κ3) is 1.05. The van der Waals surface area contributed by atoms with Crippen molar-refractivity contribution in [2.24, 2.45) is 0 Å². The zero-order valence-corrected chi connectivity index (χ0v) is 7.69. The maximum Gasteiger partial charge on any atom is 0.220 e. The van der Waals surface area contributed by atoms with E-state index in [1.54, 1.807) is 6.20 Å². The molecule has 0 aliphatic rings. The van der Waals surface area contributed by atoms with Gasteiger partial charge in [0.1, 0.15) is 0 Å². The first-order chi connectivity index (χ1) is 5.27. The molecule has 0 saturated carbocycles. The predicted molar refractivity (Wildman–Crippen MR) is 51.4 cm³/mol. The third-order valence-electron chi connectivity index (χ3n) is 1.41. The van der Waals surface area contributed by atoms with Gasteiger partial charge in [0, 0.05) is 6.20 Å². The molecule has 4 nitrogen and oxygen atoms in total. The van der Waals surface area contributed by atoms with E-state index in [1.165, 1.54) is 0 Å². The second kappa shape index (κ2) is 2.33. The summed E-state index contributed by atoms with van der Waals surface area (Å²) < 4.78 is 1.92. The van der Waals surface area contributed by atoms with Crippen LogP contribution in [0.5, 0.6) is 0 Å². The lowest BCUT2D eigenvalue weighted by molar-refractivity contribution is 1.23. The smallest absolute Gasteiger partial charge is 0.220 e. The highest BCUT2D eigenvalue weighted by Gasteiger charge is 1.99. The molecule has 2 rings (SSSR count). The Morgan fingerprint density at radius 1 is 1.55 bits per heavy atom. The molecule has 11 heavy (non-hydrogen) atoms. The number of nitrogen functional groups attached to an aromatic ring is 1. The van der Waals surface area contributed by atoms with Crippen molar-refractivity contribution < 1.29 is 0 Å². The van der Waals surface area contributed by atoms with Crippen molar-refractivity contribution in [1.82, 2.24) is 12.7 Å². The van der Waals surface area contributed by atoms with E-state index in [-0.39, 0.29) is 0 Å². The fraction of sp³-hybridized carbons (Fsp3) is 0. The van der Waals surface area contributed by atoms with Crippen LogP contribution >= 0.6 is 22.9 Å². The van der Waals surface area contributed by atoms with Crippen molar-refractivity contribution in [3.63, 3.8) is 0 Å². The molecule has 0 amide bonds. The molecule has 0 radical (unpaired) electrons. The van der Waals surface area contributed by atoms with Crippen LogP contribution < -0.4 is 5.73 Å². The summed E-state index contributed by atoms with van der Waals surface area (Å²) in [5.41, 5.74) is 7.27. The summed E-state index contributed by atoms with van der Waals surface area (Å²) in [5, 5.41) is 0. The lowest BCUT2D eigenvalue weighted by Crippen LogP contribution is -1.93. The van der Waals surface area contributed by atoms with Gasteiger partial charge in [-0.25, -0.2) is 9.97 Å². The van der Waals surface area contributed by atoms with E-state index in [2.05, 4.69) is 32.8 Å². The van der Waals surface area contributed by atoms with E-state index < -0.39 is 0 Å². The highest BCUT2D eigenvalue weighted by atomic mass is 127. The Labute approximate surface area is 76.9 Å². The summed E-state index contributed by atoms with van der Waals surface area (Å²) in [6, 6.07) is 1.90. The molecule has 0 unspecified atom stereocenters. The minimum absolute atomic E-state index is 0.320. The molecule has 5 heteroatoms. The van der Waals surface area contributed by atoms with Crippen LogP contribution in [0.25, 0.3) is 11.0 Å². The Morgan fingerprint density at radius 2 is 2.36 bits per heavy atom. The summed E-state index contributed by atoms with van der Waals surface area (Å²) >= 11 is 2.16. The average molecular weight is 260 g/mol. The van der Waals surface area contributed by atoms with E-state index >= 15 is 0 Å². The molecule has 2 heterocycles. The number of nitrogens with two attached hydrogens (primary N) is 1. The average Bonchev–Trinajstić information content (AvgIpc) is 2.32. The van der Waals surface area contributed by atoms with Crippen molar-refractivity contribution in [1.29, 1.82) is 0 Å². The number of rotatable bonds is 0. The largest absolute Gasteiger partial charge is 0.368 e. The fourth-order valence-electron chi connectivity index (χ4n) is 0.907. The molecule has 0 aromatic carbocycles. The van der Waals surface area contributed by atoms with Crippen LogP contribution in [0.15, 0.2) is 18.5 Å². The topological polar surface area (TPSA) is 56.7 Å². The van der Waals surface area contributed by atoms with Gasteiger partial charge >= 0.3 is 0 Å². The Balaban J connectivity index is 2.86. The van der Waals surface area contributed by atoms with Crippen LogP contribution in [0.2, 0.25) is 0 Å². The number of aromatic nitrogens is 3. The van der Waals surface area contributed by atoms with Crippen molar-refractivity contribution in [3.05, 3.63) is 18.5 Å². The summed E-state index contributed by atoms with van der Waals surface area (Å²) in [4.78, 5) is 7.92. The van der Waals surface area contributed by atoms with Gasteiger partial charge in [-0.15, -0.1) is 0 Å². The van der Waals surface area contributed by atoms with Crippen LogP contribution in [0.1, 0.15) is 0 Å². The molecule has 2 aromatic rings. The van der Waals surface area contributed by atoms with Gasteiger partial charge in [-0.05, 0) is 6.07 Å². The van der Waals surface area contributed by atoms with Crippen molar-refractivity contribution in [2.75, 3.05) is 5.73 Å². The molecular formula is C6H5IN4. The first kappa shape index (κ1) is 6.84. The second-order valence-corrected chi connectivity index (χ2v) is 3.17. The molecule has 0 aliphatic carbocycles. The standard InChI is InChI=1S/C6H5IN4/c7-11-2-1-4-5(11)3-9-6(8)10-4/h1-3H,(H2,8,9,10). The van der Waals surface area contributed by atoms with Gasteiger partial charge in [0.2, 0.25) is 5.95 Å². The Hall–Kier alpha value is -0.850. The van der Waals surface area contributed by atoms with Gasteiger partial charge in [0.05, 0.1) is 40.1 Å². The third-order valence-corrected chi connectivity index (χ3v) is 2.25. The minimum Gasteiger partial charge on any atom is -0.368 e. The van der Waals surface area contributed by atoms with Crippen molar-refractivity contribution in [3.8, 4) is 0 Å². The minimum atomic E-state index is 0.320. The molecule has 0 bridgehead atoms. The number of hydrogen-bond donors (Lipinski definition) is 1. The molecule has 0 atom stereocenters. The number of hydrogen-bond acceptors (Lipinski definition) is 3. The van der Waals surface area contributed by atoms with Crippen molar-refractivity contribution in [2.45, 2.75) is 0 Å². The first-order valence-corrected chi connectivity index (χ1v) is 3.99. The molecule has 0 spiro atoms. The summed E-state index contributed by atoms with van der Waals surface area (Å²) in [6.07, 6.45) is 3.63. The molecule has 0 fully saturated rings. The van der Waals surface area contributed by atoms with Crippen LogP contribution in [0, 0.1) is 0 Å². The highest BCUT2D eigenvalue weighted by Crippen LogP contribution is 2.14. The van der Waals surface area contributed by atoms with Crippen LogP contribution in [-0.2, 0) is 0 Å². The van der Waals surface area contributed by atoms with Crippen LogP contribution in [-0.4, -0.2) is 12.7 Å². The summed E-state index contributed by atoms with van der Waals surface area (Å²) in [7, 11) is 0. The van der Waals surface area contributed by atoms with Gasteiger partial charge in [0.25, 0.3) is 0 Å². The Kier molecular flexibility index (Phi) is 1.45. The van der Waals surface area contributed by atoms with Gasteiger partial charge in [-0.1, -0.05) is 0 Å². The molecule has 56 valence electrons. The molecular weight excluding hydrogens is 255 g/mol. The Morgan fingerprint density at radius 3 is 3.18 bits per heavy atom. The molecule has 2 N–H and O–H groups in total. The zero-order chi connectivity index (χ0) is 7.84. The zero-order valence-electron chi connectivity index (χ0n) is 5.53. The van der Waals surface area contributed by atoms with E-state index in [0.29, 0.717) is 5.95 Å². The SMILES string of the molecule is Nc1ncc2c(ccn2I)n1. The van der Waals surface area contributed by atoms with Gasteiger partial charge in [-0.2, -0.15) is 0 Å². The van der Waals surface area contributed by atoms with Gasteiger partial charge in [0.15, 0.2) is 0 Å². The lowest BCUT2D eigenvalue weighted by Gasteiger charge is -1.92. The number of halogens is 1. The number of anilines is 1. The summed E-state index contributed by atoms with van der Waals surface area (Å²) in [6.45, 7) is 0. The van der Waals surface area contributed by atoms with E-state index in [9.17, 15) is 0 Å². The molecule has 0 aliphatic heterocycles. The van der Waals surface area contributed by atoms with E-state index in [4.69, 9.17) is 5.73 Å². The van der Waals surface area contributed by atoms with E-state index in [1.807, 2.05) is 15.0 Å². The summed E-state index contributed by atoms with van der Waals surface area (Å²) in [5.74, 6) is 0.320. The molecule has 0 saturated heterocycles. The number of fused-ring (bicyclic) bond motifs is 1. The highest BCUT2D eigenvalue weighted by molar-refractivity contribution is 14.1. The lowest BCUT2D eigenvalue weighted by atomic mass is 10.5. The number of nitrogens with zero attached hydrogens (tertiary/aromatic N) is 3. The quantitative estimate of drug-likeness (QED) is 0.724. The van der Waals surface area contributed by atoms with Crippen molar-refractivity contribution >= 4 is 39.8 Å². The second-order valence-electron chi connectivity index (χ2n) is 2.13. The fourth-order valence-corrected chi connectivity index (χ4v) is 1.44. The Bertz CT molecular complexity index is 394. The predicted octanol–water partition coefficient (Wildman–Crippen LogP) is 1.21.